The number of hydrogen-bond acceptors (Lipinski definition) is 1. The molecule has 0 aromatic heterocycles. The Morgan fingerprint density at radius 3 is 2.80 bits per heavy atom. The van der Waals surface area contributed by atoms with E-state index in [2.05, 4.69) is 18.2 Å². The first-order chi connectivity index (χ1) is 7.27. The molecule has 0 N–H and O–H groups in total. The Balaban J connectivity index is 2.41. The Bertz CT molecular complexity index is 554. The van der Waals surface area contributed by atoms with Gasteiger partial charge in [-0.15, -0.1) is 0 Å². The third kappa shape index (κ3) is 1.13. The molecule has 0 spiro atoms. The average Bonchev–Trinajstić information content (AvgIpc) is 2.55. The van der Waals surface area contributed by atoms with Crippen LogP contribution in [0.25, 0.3) is 10.8 Å². The van der Waals surface area contributed by atoms with Crippen molar-refractivity contribution in [2.24, 2.45) is 5.92 Å². The lowest BCUT2D eigenvalue weighted by molar-refractivity contribution is 0.0947. The van der Waals surface area contributed by atoms with E-state index in [0.717, 1.165) is 17.4 Å². The summed E-state index contributed by atoms with van der Waals surface area (Å²) in [7, 11) is 0. The van der Waals surface area contributed by atoms with Crippen molar-refractivity contribution in [1.29, 1.82) is 0 Å². The number of fused-ring (bicyclic) bond motifs is 3. The number of hydrogen-bond donors (Lipinski definition) is 0. The molecule has 0 amide bonds. The van der Waals surface area contributed by atoms with E-state index in [1.165, 1.54) is 10.9 Å². The van der Waals surface area contributed by atoms with Crippen molar-refractivity contribution in [3.05, 3.63) is 47.5 Å². The average molecular weight is 196 g/mol. The van der Waals surface area contributed by atoms with Gasteiger partial charge in [0.2, 0.25) is 0 Å². The quantitative estimate of drug-likeness (QED) is 0.632. The van der Waals surface area contributed by atoms with Gasteiger partial charge in [-0.25, -0.2) is 0 Å². The van der Waals surface area contributed by atoms with Crippen LogP contribution < -0.4 is 0 Å². The van der Waals surface area contributed by atoms with Crippen molar-refractivity contribution in [1.82, 2.24) is 0 Å². The first-order valence-corrected chi connectivity index (χ1v) is 5.32. The molecular formula is C14H12O. The number of carbonyl (C=O) groups excluding carboxylic acids is 1. The zero-order chi connectivity index (χ0) is 10.4. The summed E-state index contributed by atoms with van der Waals surface area (Å²) in [5.74, 6) is 0.465. The van der Waals surface area contributed by atoms with Gasteiger partial charge in [0.1, 0.15) is 0 Å². The van der Waals surface area contributed by atoms with Crippen molar-refractivity contribution >= 4 is 16.6 Å². The lowest BCUT2D eigenvalue weighted by atomic mass is 10.0. The van der Waals surface area contributed by atoms with Crippen LogP contribution in [0.15, 0.2) is 36.4 Å². The normalized spacial score (nSPS) is 19.5. The largest absolute Gasteiger partial charge is 0.294 e. The Hall–Kier alpha value is -1.63. The highest BCUT2D eigenvalue weighted by atomic mass is 16.1. The standard InChI is InChI=1S/C14H12O/c1-9-8-11-7-6-10-4-2-3-5-12(10)13(11)14(9)15/h2-7,9H,8H2,1H3/t9-/m0/s1. The van der Waals surface area contributed by atoms with Crippen LogP contribution in [-0.4, -0.2) is 5.78 Å². The van der Waals surface area contributed by atoms with Crippen LogP contribution in [0.3, 0.4) is 0 Å². The summed E-state index contributed by atoms with van der Waals surface area (Å²) >= 11 is 0. The van der Waals surface area contributed by atoms with Crippen molar-refractivity contribution in [3.8, 4) is 0 Å². The van der Waals surface area contributed by atoms with Gasteiger partial charge >= 0.3 is 0 Å². The molecule has 0 fully saturated rings. The van der Waals surface area contributed by atoms with E-state index in [0.29, 0.717) is 5.78 Å². The topological polar surface area (TPSA) is 17.1 Å². The van der Waals surface area contributed by atoms with E-state index in [1.807, 2.05) is 25.1 Å². The molecule has 1 aliphatic rings. The van der Waals surface area contributed by atoms with Gasteiger partial charge in [-0.05, 0) is 22.8 Å². The van der Waals surface area contributed by atoms with E-state index >= 15 is 0 Å². The second-order valence-electron chi connectivity index (χ2n) is 4.29. The van der Waals surface area contributed by atoms with Crippen LogP contribution in [0, 0.1) is 5.92 Å². The highest BCUT2D eigenvalue weighted by molar-refractivity contribution is 6.12. The van der Waals surface area contributed by atoms with Gasteiger partial charge in [-0.2, -0.15) is 0 Å². The molecule has 0 radical (unpaired) electrons. The van der Waals surface area contributed by atoms with Gasteiger partial charge in [-0.1, -0.05) is 43.3 Å². The fraction of sp³-hybridized carbons (Fsp3) is 0.214. The molecule has 0 heterocycles. The maximum atomic E-state index is 12.0. The van der Waals surface area contributed by atoms with Crippen LogP contribution >= 0.6 is 0 Å². The third-order valence-corrected chi connectivity index (χ3v) is 3.24. The monoisotopic (exact) mass is 196 g/mol. The summed E-state index contributed by atoms with van der Waals surface area (Å²) in [5.41, 5.74) is 2.17. The zero-order valence-electron chi connectivity index (χ0n) is 8.66. The Labute approximate surface area is 88.7 Å². The van der Waals surface area contributed by atoms with Crippen LogP contribution in [0.5, 0.6) is 0 Å². The lowest BCUT2D eigenvalue weighted by Crippen LogP contribution is -2.03. The second kappa shape index (κ2) is 2.93. The minimum Gasteiger partial charge on any atom is -0.294 e. The van der Waals surface area contributed by atoms with Crippen LogP contribution in [0.4, 0.5) is 0 Å². The van der Waals surface area contributed by atoms with Crippen molar-refractivity contribution in [2.45, 2.75) is 13.3 Å². The number of carbonyl (C=O) groups is 1. The van der Waals surface area contributed by atoms with E-state index in [1.54, 1.807) is 0 Å². The van der Waals surface area contributed by atoms with E-state index in [4.69, 9.17) is 0 Å². The van der Waals surface area contributed by atoms with Gasteiger partial charge < -0.3 is 0 Å². The number of rotatable bonds is 0. The van der Waals surface area contributed by atoms with Crippen molar-refractivity contribution in [2.75, 3.05) is 0 Å². The number of benzene rings is 2. The molecule has 1 heteroatoms. The molecule has 0 unspecified atom stereocenters. The summed E-state index contributed by atoms with van der Waals surface area (Å²) in [4.78, 5) is 12.0. The second-order valence-corrected chi connectivity index (χ2v) is 4.29. The van der Waals surface area contributed by atoms with E-state index in [-0.39, 0.29) is 5.92 Å². The summed E-state index contributed by atoms with van der Waals surface area (Å²) < 4.78 is 0. The molecule has 1 aliphatic carbocycles. The van der Waals surface area contributed by atoms with Gasteiger partial charge in [0.25, 0.3) is 0 Å². The fourth-order valence-corrected chi connectivity index (χ4v) is 2.45. The number of ketones is 1. The van der Waals surface area contributed by atoms with E-state index in [9.17, 15) is 4.79 Å². The Kier molecular flexibility index (Phi) is 1.69. The molecule has 3 rings (SSSR count). The summed E-state index contributed by atoms with van der Waals surface area (Å²) in [6.07, 6.45) is 0.902. The summed E-state index contributed by atoms with van der Waals surface area (Å²) in [6.45, 7) is 2.01. The Morgan fingerprint density at radius 2 is 1.93 bits per heavy atom. The molecule has 74 valence electrons. The smallest absolute Gasteiger partial charge is 0.166 e. The zero-order valence-corrected chi connectivity index (χ0v) is 8.66. The molecule has 2 aromatic carbocycles. The highest BCUT2D eigenvalue weighted by Crippen LogP contribution is 2.32. The molecule has 0 aliphatic heterocycles. The minimum atomic E-state index is 0.158. The maximum absolute atomic E-state index is 12.0. The predicted octanol–water partition coefficient (Wildman–Crippen LogP) is 3.21. The first kappa shape index (κ1) is 8.66. The van der Waals surface area contributed by atoms with Gasteiger partial charge in [-0.3, -0.25) is 4.79 Å². The fourth-order valence-electron chi connectivity index (χ4n) is 2.45. The molecule has 1 atom stereocenters. The van der Waals surface area contributed by atoms with E-state index < -0.39 is 0 Å². The first-order valence-electron chi connectivity index (χ1n) is 5.32. The van der Waals surface area contributed by atoms with Gasteiger partial charge in [0, 0.05) is 11.5 Å². The predicted molar refractivity (Wildman–Crippen MR) is 61.1 cm³/mol. The molecule has 0 bridgehead atoms. The minimum absolute atomic E-state index is 0.158. The molecular weight excluding hydrogens is 184 g/mol. The molecule has 1 nitrogen and oxygen atoms in total. The lowest BCUT2D eigenvalue weighted by Gasteiger charge is -2.03. The molecule has 0 saturated carbocycles. The van der Waals surface area contributed by atoms with Gasteiger partial charge in [0.05, 0.1) is 0 Å². The van der Waals surface area contributed by atoms with Crippen LogP contribution in [0.2, 0.25) is 0 Å². The highest BCUT2D eigenvalue weighted by Gasteiger charge is 2.28. The molecule has 0 saturated heterocycles. The van der Waals surface area contributed by atoms with Gasteiger partial charge in [0.15, 0.2) is 5.78 Å². The van der Waals surface area contributed by atoms with Crippen molar-refractivity contribution < 1.29 is 4.79 Å². The molecule has 15 heavy (non-hydrogen) atoms. The van der Waals surface area contributed by atoms with Crippen molar-refractivity contribution in [3.63, 3.8) is 0 Å². The number of Topliss-reactive ketones (excluding diaryl/α,β-unsaturated/α-hetero) is 1. The summed E-state index contributed by atoms with van der Waals surface area (Å²) in [6, 6.07) is 12.3. The van der Waals surface area contributed by atoms with Crippen LogP contribution in [-0.2, 0) is 6.42 Å². The van der Waals surface area contributed by atoms with Crippen LogP contribution in [0.1, 0.15) is 22.8 Å². The maximum Gasteiger partial charge on any atom is 0.166 e. The Morgan fingerprint density at radius 1 is 1.13 bits per heavy atom. The molecule has 2 aromatic rings. The summed E-state index contributed by atoms with van der Waals surface area (Å²) in [5, 5.41) is 2.28. The SMILES string of the molecule is C[C@H]1Cc2ccc3ccccc3c2C1=O. The third-order valence-electron chi connectivity index (χ3n) is 3.24.